The predicted molar refractivity (Wildman–Crippen MR) is 37.7 cm³/mol. The van der Waals surface area contributed by atoms with Crippen molar-refractivity contribution in [2.24, 2.45) is 5.92 Å². The van der Waals surface area contributed by atoms with Gasteiger partial charge in [-0.05, 0) is 26.4 Å². The van der Waals surface area contributed by atoms with Crippen molar-refractivity contribution in [2.45, 2.75) is 13.3 Å². The fourth-order valence-electron chi connectivity index (χ4n) is 0.715. The van der Waals surface area contributed by atoms with E-state index in [1.54, 1.807) is 0 Å². The number of nitrogens with zero attached hydrogens (tertiary/aromatic N) is 1. The zero-order chi connectivity index (χ0) is 6.57. The molecule has 0 aliphatic carbocycles. The Morgan fingerprint density at radius 1 is 1.50 bits per heavy atom. The zero-order valence-corrected chi connectivity index (χ0v) is 6.15. The van der Waals surface area contributed by atoms with E-state index in [0.717, 1.165) is 18.9 Å². The van der Waals surface area contributed by atoms with E-state index in [1.807, 2.05) is 0 Å². The van der Waals surface area contributed by atoms with Crippen LogP contribution in [0.5, 0.6) is 0 Å². The minimum absolute atomic E-state index is 0.741. The van der Waals surface area contributed by atoms with Gasteiger partial charge in [0.1, 0.15) is 0 Å². The van der Waals surface area contributed by atoms with Gasteiger partial charge in [-0.15, -0.1) is 0 Å². The smallest absolute Gasteiger partial charge is 0.0000920 e. The molecule has 0 spiro atoms. The highest BCUT2D eigenvalue weighted by Gasteiger charge is 1.97. The minimum Gasteiger partial charge on any atom is -0.309 e. The average Bonchev–Trinajstić information content (AvgIpc) is 1.65. The maximum Gasteiger partial charge on any atom is 0.0000920 e. The van der Waals surface area contributed by atoms with Crippen molar-refractivity contribution in [1.82, 2.24) is 4.90 Å². The number of hydrogen-bond acceptors (Lipinski definition) is 1. The van der Waals surface area contributed by atoms with Crippen molar-refractivity contribution in [3.63, 3.8) is 0 Å². The lowest BCUT2D eigenvalue weighted by molar-refractivity contribution is 0.340. The second-order valence-electron chi connectivity index (χ2n) is 2.66. The van der Waals surface area contributed by atoms with Crippen molar-refractivity contribution in [2.75, 3.05) is 20.6 Å². The van der Waals surface area contributed by atoms with Crippen LogP contribution in [0.2, 0.25) is 0 Å². The molecule has 0 heterocycles. The van der Waals surface area contributed by atoms with E-state index in [4.69, 9.17) is 0 Å². The van der Waals surface area contributed by atoms with Crippen molar-refractivity contribution in [1.29, 1.82) is 0 Å². The first-order valence-electron chi connectivity index (χ1n) is 3.10. The van der Waals surface area contributed by atoms with E-state index < -0.39 is 0 Å². The van der Waals surface area contributed by atoms with Gasteiger partial charge in [0.25, 0.3) is 0 Å². The van der Waals surface area contributed by atoms with Crippen LogP contribution in [-0.4, -0.2) is 25.5 Å². The van der Waals surface area contributed by atoms with Crippen LogP contribution in [0.25, 0.3) is 0 Å². The predicted octanol–water partition coefficient (Wildman–Crippen LogP) is 1.41. The number of rotatable bonds is 3. The lowest BCUT2D eigenvalue weighted by Crippen LogP contribution is -2.18. The molecule has 0 saturated heterocycles. The molecule has 0 aromatic heterocycles. The van der Waals surface area contributed by atoms with Gasteiger partial charge in [-0.1, -0.05) is 13.8 Å². The van der Waals surface area contributed by atoms with Crippen LogP contribution in [0.15, 0.2) is 0 Å². The SMILES string of the molecule is [CH2]CC(C)CN(C)C. The van der Waals surface area contributed by atoms with Gasteiger partial charge < -0.3 is 4.90 Å². The van der Waals surface area contributed by atoms with E-state index in [-0.39, 0.29) is 0 Å². The fraction of sp³-hybridized carbons (Fsp3) is 0.857. The highest BCUT2D eigenvalue weighted by molar-refractivity contribution is 4.56. The van der Waals surface area contributed by atoms with Gasteiger partial charge in [-0.2, -0.15) is 0 Å². The minimum atomic E-state index is 0.741. The Labute approximate surface area is 52.7 Å². The lowest BCUT2D eigenvalue weighted by atomic mass is 10.1. The third-order valence-corrected chi connectivity index (χ3v) is 1.17. The number of hydrogen-bond donors (Lipinski definition) is 0. The lowest BCUT2D eigenvalue weighted by Gasteiger charge is -2.13. The largest absolute Gasteiger partial charge is 0.309 e. The Morgan fingerprint density at radius 2 is 2.00 bits per heavy atom. The van der Waals surface area contributed by atoms with Gasteiger partial charge in [0, 0.05) is 6.54 Å². The van der Waals surface area contributed by atoms with Crippen LogP contribution < -0.4 is 0 Å². The van der Waals surface area contributed by atoms with Crippen LogP contribution in [0, 0.1) is 12.8 Å². The summed E-state index contributed by atoms with van der Waals surface area (Å²) >= 11 is 0. The summed E-state index contributed by atoms with van der Waals surface area (Å²) in [7, 11) is 4.18. The maximum absolute atomic E-state index is 3.81. The summed E-state index contributed by atoms with van der Waals surface area (Å²) in [5.74, 6) is 0.741. The van der Waals surface area contributed by atoms with Crippen molar-refractivity contribution >= 4 is 0 Å². The molecule has 0 aromatic rings. The van der Waals surface area contributed by atoms with Crippen molar-refractivity contribution in [3.05, 3.63) is 6.92 Å². The third kappa shape index (κ3) is 4.13. The molecular formula is C7H16N. The van der Waals surface area contributed by atoms with Crippen LogP contribution >= 0.6 is 0 Å². The zero-order valence-electron chi connectivity index (χ0n) is 6.15. The Bertz CT molecular complexity index is 50.3. The molecule has 0 N–H and O–H groups in total. The molecule has 0 saturated carbocycles. The van der Waals surface area contributed by atoms with E-state index in [9.17, 15) is 0 Å². The molecular weight excluding hydrogens is 98.1 g/mol. The summed E-state index contributed by atoms with van der Waals surface area (Å²) in [6.07, 6.45) is 1.04. The maximum atomic E-state index is 3.81. The molecule has 1 unspecified atom stereocenters. The normalized spacial score (nSPS) is 14.6. The van der Waals surface area contributed by atoms with Gasteiger partial charge in [-0.25, -0.2) is 0 Å². The molecule has 8 heavy (non-hydrogen) atoms. The van der Waals surface area contributed by atoms with Crippen LogP contribution in [0.3, 0.4) is 0 Å². The molecule has 0 aromatic carbocycles. The van der Waals surface area contributed by atoms with E-state index in [0.29, 0.717) is 0 Å². The molecule has 1 heteroatoms. The molecule has 0 rings (SSSR count). The van der Waals surface area contributed by atoms with E-state index in [2.05, 4.69) is 32.8 Å². The molecule has 0 aliphatic rings. The summed E-state index contributed by atoms with van der Waals surface area (Å²) < 4.78 is 0. The summed E-state index contributed by atoms with van der Waals surface area (Å²) in [6, 6.07) is 0. The van der Waals surface area contributed by atoms with Crippen molar-refractivity contribution in [3.8, 4) is 0 Å². The van der Waals surface area contributed by atoms with Crippen LogP contribution in [0.4, 0.5) is 0 Å². The first-order chi connectivity index (χ1) is 3.66. The van der Waals surface area contributed by atoms with Gasteiger partial charge >= 0.3 is 0 Å². The van der Waals surface area contributed by atoms with E-state index >= 15 is 0 Å². The summed E-state index contributed by atoms with van der Waals surface area (Å²) in [6.45, 7) is 7.18. The summed E-state index contributed by atoms with van der Waals surface area (Å²) in [4.78, 5) is 2.19. The molecule has 1 atom stereocenters. The first-order valence-corrected chi connectivity index (χ1v) is 3.10. The Morgan fingerprint density at radius 3 is 2.12 bits per heavy atom. The van der Waals surface area contributed by atoms with Gasteiger partial charge in [0.15, 0.2) is 0 Å². The molecule has 1 radical (unpaired) electrons. The van der Waals surface area contributed by atoms with Crippen LogP contribution in [-0.2, 0) is 0 Å². The topological polar surface area (TPSA) is 3.24 Å². The molecule has 0 fully saturated rings. The Balaban J connectivity index is 3.10. The fourth-order valence-corrected chi connectivity index (χ4v) is 0.715. The van der Waals surface area contributed by atoms with E-state index in [1.165, 1.54) is 0 Å². The van der Waals surface area contributed by atoms with Gasteiger partial charge in [0.05, 0.1) is 0 Å². The quantitative estimate of drug-likeness (QED) is 0.536. The summed E-state index contributed by atoms with van der Waals surface area (Å²) in [5, 5.41) is 0. The molecule has 1 nitrogen and oxygen atoms in total. The summed E-state index contributed by atoms with van der Waals surface area (Å²) in [5.41, 5.74) is 0. The monoisotopic (exact) mass is 114 g/mol. The molecule has 0 aliphatic heterocycles. The Hall–Kier alpha value is -0.0400. The molecule has 49 valence electrons. The highest BCUT2D eigenvalue weighted by atomic mass is 15.0. The molecule has 0 amide bonds. The van der Waals surface area contributed by atoms with Crippen LogP contribution in [0.1, 0.15) is 13.3 Å². The second-order valence-corrected chi connectivity index (χ2v) is 2.66. The Kier molecular flexibility index (Phi) is 3.88. The van der Waals surface area contributed by atoms with Gasteiger partial charge in [-0.3, -0.25) is 0 Å². The average molecular weight is 114 g/mol. The first kappa shape index (κ1) is 7.96. The van der Waals surface area contributed by atoms with Gasteiger partial charge in [0.2, 0.25) is 0 Å². The standard InChI is InChI=1S/C7H16N/c1-5-7(2)6-8(3)4/h7H,1,5-6H2,2-4H3. The third-order valence-electron chi connectivity index (χ3n) is 1.17. The molecule has 0 bridgehead atoms. The van der Waals surface area contributed by atoms with Crippen molar-refractivity contribution < 1.29 is 0 Å². The highest BCUT2D eigenvalue weighted by Crippen LogP contribution is 1.99. The second kappa shape index (κ2) is 3.90.